The van der Waals surface area contributed by atoms with Gasteiger partial charge in [0.25, 0.3) is 5.69 Å². The summed E-state index contributed by atoms with van der Waals surface area (Å²) >= 11 is 1.84. The maximum Gasteiger partial charge on any atom is 0.293 e. The van der Waals surface area contributed by atoms with Crippen molar-refractivity contribution in [3.63, 3.8) is 0 Å². The number of thioether (sulfide) groups is 1. The van der Waals surface area contributed by atoms with E-state index in [1.807, 2.05) is 28.2 Å². The van der Waals surface area contributed by atoms with Crippen molar-refractivity contribution < 1.29 is 14.4 Å². The van der Waals surface area contributed by atoms with Crippen molar-refractivity contribution in [2.45, 2.75) is 13.5 Å². The largest absolute Gasteiger partial charge is 0.497 e. The lowest BCUT2D eigenvalue weighted by Crippen LogP contribution is -2.33. The zero-order chi connectivity index (χ0) is 21.4. The van der Waals surface area contributed by atoms with E-state index in [-0.39, 0.29) is 11.1 Å². The number of nitrogens with zero attached hydrogens (tertiary/aromatic N) is 3. The topological polar surface area (TPSA) is 86.8 Å². The quantitative estimate of drug-likeness (QED) is 0.348. The van der Waals surface area contributed by atoms with E-state index in [0.29, 0.717) is 45.5 Å². The van der Waals surface area contributed by atoms with Crippen LogP contribution >= 0.6 is 11.8 Å². The fourth-order valence-electron chi connectivity index (χ4n) is 4.08. The molecule has 0 atom stereocenters. The Morgan fingerprint density at radius 3 is 2.43 bits per heavy atom. The van der Waals surface area contributed by atoms with Crippen LogP contribution in [-0.4, -0.2) is 48.3 Å². The first-order valence-corrected chi connectivity index (χ1v) is 10.9. The van der Waals surface area contributed by atoms with Gasteiger partial charge in [0.15, 0.2) is 0 Å². The molecular weight excluding hydrogens is 406 g/mol. The molecule has 0 spiro atoms. The van der Waals surface area contributed by atoms with E-state index in [1.54, 1.807) is 25.3 Å². The Balaban J connectivity index is 2.13. The van der Waals surface area contributed by atoms with Crippen LogP contribution in [0, 0.1) is 10.1 Å². The molecule has 158 valence electrons. The fraction of sp³-hybridized carbons (Fsp3) is 0.381. The number of nitro groups is 1. The number of methoxy groups -OCH3 is 2. The van der Waals surface area contributed by atoms with Gasteiger partial charge in [0.2, 0.25) is 5.43 Å². The van der Waals surface area contributed by atoms with Gasteiger partial charge in [0.1, 0.15) is 17.2 Å². The van der Waals surface area contributed by atoms with Gasteiger partial charge in [-0.05, 0) is 13.0 Å². The SMILES string of the molecule is CCn1c2cc(N3CCSCC3)c([N+](=O)[O-])cc2c(=O)c2c(OC)cc(OC)cc21. The molecule has 0 N–H and O–H groups in total. The van der Waals surface area contributed by atoms with E-state index in [1.165, 1.54) is 13.2 Å². The number of pyridine rings is 1. The average molecular weight is 429 g/mol. The lowest BCUT2D eigenvalue weighted by molar-refractivity contribution is -0.384. The molecule has 1 fully saturated rings. The standard InChI is InChI=1S/C21H23N3O5S/c1-4-23-15-12-16(22-5-7-30-8-6-22)17(24(26)27)11-14(15)21(25)20-18(23)9-13(28-2)10-19(20)29-3/h9-12H,4-8H2,1-3H3. The van der Waals surface area contributed by atoms with Crippen molar-refractivity contribution in [2.75, 3.05) is 43.7 Å². The van der Waals surface area contributed by atoms with Crippen LogP contribution in [0.1, 0.15) is 6.92 Å². The van der Waals surface area contributed by atoms with Crippen LogP contribution in [0.25, 0.3) is 21.8 Å². The summed E-state index contributed by atoms with van der Waals surface area (Å²) in [4.78, 5) is 26.9. The number of aromatic nitrogens is 1. The lowest BCUT2D eigenvalue weighted by atomic mass is 10.1. The molecule has 1 aliphatic rings. The zero-order valence-electron chi connectivity index (χ0n) is 17.1. The summed E-state index contributed by atoms with van der Waals surface area (Å²) in [7, 11) is 3.06. The second-order valence-electron chi connectivity index (χ2n) is 7.01. The van der Waals surface area contributed by atoms with E-state index in [2.05, 4.69) is 0 Å². The van der Waals surface area contributed by atoms with Gasteiger partial charge in [-0.25, -0.2) is 0 Å². The van der Waals surface area contributed by atoms with Crippen LogP contribution in [0.15, 0.2) is 29.1 Å². The Bertz CT molecular complexity index is 1200. The number of aryl methyl sites for hydroxylation is 1. The Kier molecular flexibility index (Phi) is 5.46. The third kappa shape index (κ3) is 3.23. The molecule has 0 aliphatic carbocycles. The van der Waals surface area contributed by atoms with E-state index in [0.717, 1.165) is 24.6 Å². The van der Waals surface area contributed by atoms with Crippen molar-refractivity contribution >= 4 is 44.9 Å². The number of fused-ring (bicyclic) bond motifs is 2. The predicted octanol–water partition coefficient (Wildman–Crippen LogP) is 3.65. The van der Waals surface area contributed by atoms with E-state index < -0.39 is 4.92 Å². The number of rotatable bonds is 5. The molecule has 0 saturated carbocycles. The van der Waals surface area contributed by atoms with Crippen molar-refractivity contribution in [3.8, 4) is 11.5 Å². The van der Waals surface area contributed by atoms with Gasteiger partial charge in [-0.2, -0.15) is 11.8 Å². The number of hydrogen-bond acceptors (Lipinski definition) is 7. The van der Waals surface area contributed by atoms with Crippen LogP contribution in [0.5, 0.6) is 11.5 Å². The summed E-state index contributed by atoms with van der Waals surface area (Å²) in [6.45, 7) is 4.04. The summed E-state index contributed by atoms with van der Waals surface area (Å²) in [5, 5.41) is 12.6. The molecule has 1 aliphatic heterocycles. The van der Waals surface area contributed by atoms with E-state index in [9.17, 15) is 14.9 Å². The minimum atomic E-state index is -0.401. The Hall–Kier alpha value is -2.94. The molecular formula is C21H23N3O5S. The zero-order valence-corrected chi connectivity index (χ0v) is 18.0. The number of nitro benzene ring substituents is 1. The molecule has 2 aromatic carbocycles. The van der Waals surface area contributed by atoms with Crippen LogP contribution in [0.3, 0.4) is 0 Å². The highest BCUT2D eigenvalue weighted by molar-refractivity contribution is 7.99. The molecule has 0 bridgehead atoms. The number of ether oxygens (including phenoxy) is 2. The molecule has 1 aromatic heterocycles. The molecule has 2 heterocycles. The van der Waals surface area contributed by atoms with Crippen LogP contribution < -0.4 is 19.8 Å². The third-order valence-corrected chi connectivity index (χ3v) is 6.46. The Morgan fingerprint density at radius 1 is 1.10 bits per heavy atom. The molecule has 4 rings (SSSR count). The highest BCUT2D eigenvalue weighted by Crippen LogP contribution is 2.37. The number of hydrogen-bond donors (Lipinski definition) is 0. The Morgan fingerprint density at radius 2 is 1.83 bits per heavy atom. The lowest BCUT2D eigenvalue weighted by Gasteiger charge is -2.28. The van der Waals surface area contributed by atoms with Crippen molar-refractivity contribution in [1.82, 2.24) is 4.57 Å². The first-order valence-electron chi connectivity index (χ1n) is 9.73. The summed E-state index contributed by atoms with van der Waals surface area (Å²) in [6.07, 6.45) is 0. The maximum absolute atomic E-state index is 13.4. The number of anilines is 1. The molecule has 0 unspecified atom stereocenters. The van der Waals surface area contributed by atoms with Gasteiger partial charge in [0.05, 0.1) is 40.9 Å². The molecule has 0 radical (unpaired) electrons. The maximum atomic E-state index is 13.4. The normalized spacial score (nSPS) is 14.3. The molecule has 0 amide bonds. The summed E-state index contributed by atoms with van der Waals surface area (Å²) in [5.41, 5.74) is 1.59. The van der Waals surface area contributed by atoms with Gasteiger partial charge >= 0.3 is 0 Å². The van der Waals surface area contributed by atoms with Crippen LogP contribution in [-0.2, 0) is 6.54 Å². The Labute approximate surface area is 177 Å². The third-order valence-electron chi connectivity index (χ3n) is 5.52. The van der Waals surface area contributed by atoms with Crippen molar-refractivity contribution in [1.29, 1.82) is 0 Å². The fourth-order valence-corrected chi connectivity index (χ4v) is 4.98. The smallest absolute Gasteiger partial charge is 0.293 e. The van der Waals surface area contributed by atoms with E-state index >= 15 is 0 Å². The minimum Gasteiger partial charge on any atom is -0.497 e. The number of benzene rings is 2. The highest BCUT2D eigenvalue weighted by Gasteiger charge is 2.25. The van der Waals surface area contributed by atoms with Crippen molar-refractivity contribution in [2.24, 2.45) is 0 Å². The van der Waals surface area contributed by atoms with Crippen LogP contribution in [0.4, 0.5) is 11.4 Å². The highest BCUT2D eigenvalue weighted by atomic mass is 32.2. The van der Waals surface area contributed by atoms with Crippen LogP contribution in [0.2, 0.25) is 0 Å². The van der Waals surface area contributed by atoms with E-state index in [4.69, 9.17) is 9.47 Å². The molecule has 3 aromatic rings. The average Bonchev–Trinajstić information content (AvgIpc) is 2.78. The summed E-state index contributed by atoms with van der Waals surface area (Å²) < 4.78 is 12.8. The van der Waals surface area contributed by atoms with Gasteiger partial charge in [0, 0.05) is 49.3 Å². The predicted molar refractivity (Wildman–Crippen MR) is 121 cm³/mol. The monoisotopic (exact) mass is 429 g/mol. The van der Waals surface area contributed by atoms with Gasteiger partial charge in [-0.15, -0.1) is 0 Å². The van der Waals surface area contributed by atoms with Crippen molar-refractivity contribution in [3.05, 3.63) is 44.6 Å². The first kappa shape index (κ1) is 20.3. The minimum absolute atomic E-state index is 0.0408. The first-order chi connectivity index (χ1) is 14.5. The van der Waals surface area contributed by atoms with Gasteiger partial charge < -0.3 is 18.9 Å². The molecule has 30 heavy (non-hydrogen) atoms. The molecule has 9 heteroatoms. The van der Waals surface area contributed by atoms with Gasteiger partial charge in [-0.3, -0.25) is 14.9 Å². The molecule has 8 nitrogen and oxygen atoms in total. The second-order valence-corrected chi connectivity index (χ2v) is 8.24. The summed E-state index contributed by atoms with van der Waals surface area (Å²) in [5.74, 6) is 2.80. The second kappa shape index (κ2) is 8.06. The van der Waals surface area contributed by atoms with Gasteiger partial charge in [-0.1, -0.05) is 0 Å². The summed E-state index contributed by atoms with van der Waals surface area (Å²) in [6, 6.07) is 6.67. The molecule has 1 saturated heterocycles.